The van der Waals surface area contributed by atoms with Crippen LogP contribution < -0.4 is 5.32 Å². The minimum atomic E-state index is -0.0912. The second-order valence-electron chi connectivity index (χ2n) is 5.51. The Kier molecular flexibility index (Phi) is 8.67. The monoisotopic (exact) mass is 289 g/mol. The second-order valence-corrected chi connectivity index (χ2v) is 8.01. The van der Waals surface area contributed by atoms with Gasteiger partial charge in [0.05, 0.1) is 0 Å². The number of amides is 1. The van der Waals surface area contributed by atoms with E-state index in [0.29, 0.717) is 9.21 Å². The topological polar surface area (TPSA) is 29.1 Å². The molecule has 0 spiro atoms. The van der Waals surface area contributed by atoms with Gasteiger partial charge in [-0.15, -0.1) is 12.4 Å². The summed E-state index contributed by atoms with van der Waals surface area (Å²) < 4.78 is 0.307. The van der Waals surface area contributed by atoms with E-state index in [0.717, 1.165) is 40.8 Å². The second kappa shape index (κ2) is 8.80. The maximum absolute atomic E-state index is 11.0. The maximum Gasteiger partial charge on any atom is -0.147 e. The van der Waals surface area contributed by atoms with Gasteiger partial charge in [-0.2, -0.15) is 0 Å². The summed E-state index contributed by atoms with van der Waals surface area (Å²) in [5.41, 5.74) is 2.86. The van der Waals surface area contributed by atoms with Crippen molar-refractivity contribution in [2.24, 2.45) is 0 Å². The van der Waals surface area contributed by atoms with Crippen LogP contribution in [0.1, 0.15) is 31.4 Å². The Morgan fingerprint density at radius 3 is 2.63 bits per heavy atom. The van der Waals surface area contributed by atoms with E-state index in [1.54, 1.807) is 0 Å². The number of halogens is 1. The van der Waals surface area contributed by atoms with Crippen molar-refractivity contribution in [2.75, 3.05) is 6.54 Å². The molecular formula is C15H21ClNNaO. The number of hydrogen-bond donors (Lipinski definition) is 1. The molecule has 0 aromatic heterocycles. The van der Waals surface area contributed by atoms with E-state index >= 15 is 0 Å². The van der Waals surface area contributed by atoms with Crippen molar-refractivity contribution in [3.8, 4) is 0 Å². The van der Waals surface area contributed by atoms with Gasteiger partial charge in [0.2, 0.25) is 0 Å². The number of nitrogens with one attached hydrogen (secondary N) is 1. The van der Waals surface area contributed by atoms with Gasteiger partial charge in [0.15, 0.2) is 0 Å². The summed E-state index contributed by atoms with van der Waals surface area (Å²) in [7, 11) is 0. The molecule has 1 amide bonds. The average Bonchev–Trinajstić information content (AvgIpc) is 2.33. The molecule has 0 aliphatic rings. The SMILES string of the molecule is C=CC(=O)NCCCc1ccccc1[C](C)(C)[Na].Cl. The molecule has 1 aromatic carbocycles. The van der Waals surface area contributed by atoms with Crippen LogP contribution in [-0.2, 0) is 13.9 Å². The van der Waals surface area contributed by atoms with Crippen LogP contribution in [0.2, 0.25) is 0 Å². The van der Waals surface area contributed by atoms with Crippen molar-refractivity contribution >= 4 is 46.2 Å². The van der Waals surface area contributed by atoms with Gasteiger partial charge in [-0.3, -0.25) is 0 Å². The van der Waals surface area contributed by atoms with Gasteiger partial charge in [0.25, 0.3) is 0 Å². The molecule has 19 heavy (non-hydrogen) atoms. The third-order valence-corrected chi connectivity index (χ3v) is 3.47. The number of hydrogen-bond acceptors (Lipinski definition) is 1. The van der Waals surface area contributed by atoms with Crippen molar-refractivity contribution in [2.45, 2.75) is 29.4 Å². The van der Waals surface area contributed by atoms with E-state index in [2.05, 4.69) is 50.0 Å². The first-order valence-corrected chi connectivity index (χ1v) is 7.44. The summed E-state index contributed by atoms with van der Waals surface area (Å²) in [6.45, 7) is 8.72. The first kappa shape index (κ1) is 18.7. The molecule has 2 nitrogen and oxygen atoms in total. The Morgan fingerprint density at radius 2 is 2.05 bits per heavy atom. The fourth-order valence-electron chi connectivity index (χ4n) is 2.03. The van der Waals surface area contributed by atoms with Crippen LogP contribution in [-0.4, -0.2) is 40.4 Å². The molecule has 1 N–H and O–H groups in total. The largest absolute Gasteiger partial charge is 0.147 e. The molecule has 0 aliphatic heterocycles. The molecule has 0 saturated carbocycles. The van der Waals surface area contributed by atoms with Crippen LogP contribution in [0, 0.1) is 0 Å². The van der Waals surface area contributed by atoms with E-state index in [4.69, 9.17) is 0 Å². The molecule has 0 unspecified atom stereocenters. The predicted octanol–water partition coefficient (Wildman–Crippen LogP) is 2.75. The number of rotatable bonds is 6. The molecule has 0 bridgehead atoms. The van der Waals surface area contributed by atoms with Crippen molar-refractivity contribution in [1.82, 2.24) is 5.32 Å². The van der Waals surface area contributed by atoms with E-state index < -0.39 is 0 Å². The fourth-order valence-corrected chi connectivity index (χ4v) is 2.52. The summed E-state index contributed by atoms with van der Waals surface area (Å²) in [5, 5.41) is 2.81. The molecule has 1 aromatic rings. The van der Waals surface area contributed by atoms with Crippen LogP contribution in [0.4, 0.5) is 0 Å². The average molecular weight is 290 g/mol. The van der Waals surface area contributed by atoms with Crippen molar-refractivity contribution in [1.29, 1.82) is 0 Å². The zero-order valence-electron chi connectivity index (χ0n) is 12.0. The molecule has 100 valence electrons. The van der Waals surface area contributed by atoms with Crippen LogP contribution in [0.3, 0.4) is 0 Å². The number of carbonyl (C=O) groups excluding carboxylic acids is 1. The van der Waals surface area contributed by atoms with Gasteiger partial charge >= 0.3 is 128 Å². The van der Waals surface area contributed by atoms with Crippen LogP contribution in [0.15, 0.2) is 36.9 Å². The Morgan fingerprint density at radius 1 is 1.42 bits per heavy atom. The molecule has 1 rings (SSSR count). The zero-order valence-corrected chi connectivity index (χ0v) is 14.8. The van der Waals surface area contributed by atoms with Crippen LogP contribution >= 0.6 is 12.4 Å². The number of benzene rings is 1. The Hall–Kier alpha value is -0.280. The molecule has 0 radical (unpaired) electrons. The zero-order chi connectivity index (χ0) is 13.6. The third kappa shape index (κ3) is 6.62. The molecular weight excluding hydrogens is 269 g/mol. The molecule has 4 heteroatoms. The quantitative estimate of drug-likeness (QED) is 0.487. The summed E-state index contributed by atoms with van der Waals surface area (Å²) in [5.74, 6) is -0.0912. The van der Waals surface area contributed by atoms with Gasteiger partial charge < -0.3 is 0 Å². The summed E-state index contributed by atoms with van der Waals surface area (Å²) >= 11 is 1.14. The summed E-state index contributed by atoms with van der Waals surface area (Å²) in [6, 6.07) is 8.63. The van der Waals surface area contributed by atoms with Gasteiger partial charge in [-0.05, 0) is 0 Å². The molecule has 0 atom stereocenters. The minimum absolute atomic E-state index is 0. The van der Waals surface area contributed by atoms with Gasteiger partial charge in [0, 0.05) is 0 Å². The molecule has 0 heterocycles. The fraction of sp³-hybridized carbons (Fsp3) is 0.400. The Balaban J connectivity index is 0.00000324. The summed E-state index contributed by atoms with van der Waals surface area (Å²) in [4.78, 5) is 11.0. The smallest absolute Gasteiger partial charge is 0.147 e. The molecule has 0 fully saturated rings. The molecule has 0 aliphatic carbocycles. The van der Waals surface area contributed by atoms with E-state index in [1.165, 1.54) is 17.2 Å². The summed E-state index contributed by atoms with van der Waals surface area (Å²) in [6.07, 6.45) is 3.29. The Bertz CT molecular complexity index is 426. The Labute approximate surface area is 139 Å². The van der Waals surface area contributed by atoms with Crippen molar-refractivity contribution in [3.05, 3.63) is 48.0 Å². The maximum atomic E-state index is 11.0. The van der Waals surface area contributed by atoms with Crippen molar-refractivity contribution in [3.63, 3.8) is 0 Å². The minimum Gasteiger partial charge on any atom is -0.147 e. The van der Waals surface area contributed by atoms with Gasteiger partial charge in [-0.1, -0.05) is 0 Å². The standard InChI is InChI=1S/C15H20NO.ClH.Na/c1-4-15(17)16-11-7-9-13-8-5-6-10-14(13)12(2)3;;/h4-6,8,10H,1,7,9,11H2,2-3H3,(H,16,17);1H;. The van der Waals surface area contributed by atoms with Crippen LogP contribution in [0.25, 0.3) is 0 Å². The number of aryl methyl sites for hydroxylation is 1. The van der Waals surface area contributed by atoms with Gasteiger partial charge in [-0.25, -0.2) is 0 Å². The first-order chi connectivity index (χ1) is 8.45. The normalized spacial score (nSPS) is 10.5. The first-order valence-electron chi connectivity index (χ1n) is 6.44. The molecule has 0 saturated heterocycles. The van der Waals surface area contributed by atoms with E-state index in [-0.39, 0.29) is 18.3 Å². The third-order valence-electron chi connectivity index (χ3n) is 2.93. The van der Waals surface area contributed by atoms with Gasteiger partial charge in [0.1, 0.15) is 0 Å². The van der Waals surface area contributed by atoms with E-state index in [1.807, 2.05) is 0 Å². The van der Waals surface area contributed by atoms with E-state index in [9.17, 15) is 4.79 Å². The predicted molar refractivity (Wildman–Crippen MR) is 84.0 cm³/mol. The van der Waals surface area contributed by atoms with Crippen LogP contribution in [0.5, 0.6) is 0 Å². The van der Waals surface area contributed by atoms with Crippen molar-refractivity contribution < 1.29 is 4.79 Å². The number of carbonyl (C=O) groups is 1.